The lowest BCUT2D eigenvalue weighted by atomic mass is 10.1. The average Bonchev–Trinajstić information content (AvgIpc) is 3.27. The highest BCUT2D eigenvalue weighted by Crippen LogP contribution is 2.19. The maximum Gasteiger partial charge on any atom is 0.339 e. The van der Waals surface area contributed by atoms with E-state index in [0.29, 0.717) is 11.5 Å². The lowest BCUT2D eigenvalue weighted by Crippen LogP contribution is -2.28. The average molecular weight is 469 g/mol. The maximum atomic E-state index is 13.1. The monoisotopic (exact) mass is 468 g/mol. The van der Waals surface area contributed by atoms with Crippen molar-refractivity contribution in [3.63, 3.8) is 0 Å². The number of nitrogens with zero attached hydrogens (tertiary/aromatic N) is 3. The third-order valence-corrected chi connectivity index (χ3v) is 5.26. The van der Waals surface area contributed by atoms with E-state index in [2.05, 4.69) is 10.4 Å². The van der Waals surface area contributed by atoms with Gasteiger partial charge in [-0.3, -0.25) is 9.59 Å². The zero-order valence-corrected chi connectivity index (χ0v) is 19.3. The molecule has 0 unspecified atom stereocenters. The minimum absolute atomic E-state index is 0.0817. The van der Waals surface area contributed by atoms with Gasteiger partial charge in [-0.2, -0.15) is 5.10 Å². The number of para-hydroxylation sites is 2. The number of nitrogens with one attached hydrogen (secondary N) is 1. The van der Waals surface area contributed by atoms with Gasteiger partial charge in [0.25, 0.3) is 11.8 Å². The van der Waals surface area contributed by atoms with Gasteiger partial charge < -0.3 is 15.0 Å². The van der Waals surface area contributed by atoms with Crippen LogP contribution < -0.4 is 10.2 Å². The number of carbonyl (C=O) groups is 3. The maximum absolute atomic E-state index is 13.1. The Morgan fingerprint density at radius 2 is 1.49 bits per heavy atom. The molecule has 4 aromatic rings. The molecule has 0 radical (unpaired) electrons. The molecule has 0 fully saturated rings. The number of aromatic nitrogens is 2. The molecule has 0 saturated heterocycles. The fourth-order valence-corrected chi connectivity index (χ4v) is 3.54. The van der Waals surface area contributed by atoms with E-state index in [1.807, 2.05) is 55.5 Å². The zero-order valence-electron chi connectivity index (χ0n) is 19.3. The first-order valence-corrected chi connectivity index (χ1v) is 11.0. The molecule has 1 N–H and O–H groups in total. The first-order chi connectivity index (χ1) is 16.9. The summed E-state index contributed by atoms with van der Waals surface area (Å²) in [4.78, 5) is 39.8. The number of hydrogen-bond acceptors (Lipinski definition) is 5. The molecule has 35 heavy (non-hydrogen) atoms. The minimum atomic E-state index is -0.765. The summed E-state index contributed by atoms with van der Waals surface area (Å²) in [6, 6.07) is 26.5. The van der Waals surface area contributed by atoms with Crippen LogP contribution in [0, 0.1) is 6.92 Å². The zero-order chi connectivity index (χ0) is 24.8. The van der Waals surface area contributed by atoms with Gasteiger partial charge in [0.1, 0.15) is 5.82 Å². The summed E-state index contributed by atoms with van der Waals surface area (Å²) < 4.78 is 6.84. The van der Waals surface area contributed by atoms with Gasteiger partial charge in [0.15, 0.2) is 6.61 Å². The van der Waals surface area contributed by atoms with Crippen LogP contribution in [-0.2, 0) is 9.53 Å². The Morgan fingerprint density at radius 3 is 2.17 bits per heavy atom. The number of aryl methyl sites for hydroxylation is 1. The second kappa shape index (κ2) is 10.5. The van der Waals surface area contributed by atoms with Gasteiger partial charge in [0.2, 0.25) is 0 Å². The van der Waals surface area contributed by atoms with E-state index in [-0.39, 0.29) is 17.0 Å². The Morgan fingerprint density at radius 1 is 0.886 bits per heavy atom. The first kappa shape index (κ1) is 23.4. The molecule has 0 aliphatic heterocycles. The molecule has 0 aliphatic carbocycles. The number of esters is 1. The molecule has 2 amide bonds. The molecule has 0 bridgehead atoms. The van der Waals surface area contributed by atoms with Crippen molar-refractivity contribution in [1.82, 2.24) is 9.78 Å². The molecule has 1 aromatic heterocycles. The van der Waals surface area contributed by atoms with Gasteiger partial charge in [-0.05, 0) is 43.3 Å². The number of ether oxygens (including phenoxy) is 1. The fourth-order valence-electron chi connectivity index (χ4n) is 3.54. The van der Waals surface area contributed by atoms with Crippen LogP contribution in [0.25, 0.3) is 5.69 Å². The lowest BCUT2D eigenvalue weighted by Gasteiger charge is -2.18. The predicted octanol–water partition coefficient (Wildman–Crippen LogP) is 4.25. The Hall–Kier alpha value is -4.72. The van der Waals surface area contributed by atoms with Gasteiger partial charge in [-0.1, -0.05) is 48.5 Å². The standard InChI is InChI=1S/C27H24N4O4/c1-19-17-24(31(29-19)21-13-7-4-8-14-21)28-25(32)18-35-27(34)23-16-10-9-15-22(23)26(33)30(2)20-11-5-3-6-12-20/h3-17H,18H2,1-2H3,(H,28,32). The Kier molecular flexibility index (Phi) is 7.02. The van der Waals surface area contributed by atoms with Crippen LogP contribution in [0.1, 0.15) is 26.4 Å². The molecule has 8 nitrogen and oxygen atoms in total. The van der Waals surface area contributed by atoms with Crippen molar-refractivity contribution in [3.05, 3.63) is 108 Å². The van der Waals surface area contributed by atoms with Crippen molar-refractivity contribution < 1.29 is 19.1 Å². The second-order valence-electron chi connectivity index (χ2n) is 7.79. The first-order valence-electron chi connectivity index (χ1n) is 11.0. The molecule has 1 heterocycles. The van der Waals surface area contributed by atoms with Gasteiger partial charge >= 0.3 is 5.97 Å². The van der Waals surface area contributed by atoms with Crippen LogP contribution in [0.4, 0.5) is 11.5 Å². The second-order valence-corrected chi connectivity index (χ2v) is 7.79. The van der Waals surface area contributed by atoms with Crippen molar-refractivity contribution in [1.29, 1.82) is 0 Å². The smallest absolute Gasteiger partial charge is 0.339 e. The quantitative estimate of drug-likeness (QED) is 0.409. The summed E-state index contributed by atoms with van der Waals surface area (Å²) in [7, 11) is 1.63. The predicted molar refractivity (Wildman–Crippen MR) is 133 cm³/mol. The van der Waals surface area contributed by atoms with E-state index in [1.54, 1.807) is 48.1 Å². The fraction of sp³-hybridized carbons (Fsp3) is 0.111. The van der Waals surface area contributed by atoms with Gasteiger partial charge in [-0.25, -0.2) is 9.48 Å². The Labute approximate surface area is 202 Å². The van der Waals surface area contributed by atoms with Crippen molar-refractivity contribution in [2.24, 2.45) is 0 Å². The number of carbonyl (C=O) groups excluding carboxylic acids is 3. The number of rotatable bonds is 7. The van der Waals surface area contributed by atoms with Crippen molar-refractivity contribution in [3.8, 4) is 5.69 Å². The van der Waals surface area contributed by atoms with E-state index in [9.17, 15) is 14.4 Å². The number of anilines is 2. The molecule has 176 valence electrons. The van der Waals surface area contributed by atoms with Crippen molar-refractivity contribution >= 4 is 29.3 Å². The van der Waals surface area contributed by atoms with E-state index < -0.39 is 18.5 Å². The number of benzene rings is 3. The highest BCUT2D eigenvalue weighted by atomic mass is 16.5. The SMILES string of the molecule is Cc1cc(NC(=O)COC(=O)c2ccccc2C(=O)N(C)c2ccccc2)n(-c2ccccc2)n1. The summed E-state index contributed by atoms with van der Waals surface area (Å²) >= 11 is 0. The summed E-state index contributed by atoms with van der Waals surface area (Å²) in [5.74, 6) is -1.20. The highest BCUT2D eigenvalue weighted by molar-refractivity contribution is 6.12. The number of amides is 2. The third kappa shape index (κ3) is 5.44. The molecule has 8 heteroatoms. The van der Waals surface area contributed by atoms with Gasteiger partial charge in [0.05, 0.1) is 22.5 Å². The Balaban J connectivity index is 1.44. The molecule has 3 aromatic carbocycles. The van der Waals surface area contributed by atoms with Gasteiger partial charge in [0, 0.05) is 18.8 Å². The summed E-state index contributed by atoms with van der Waals surface area (Å²) in [5, 5.41) is 7.12. The molecule has 0 spiro atoms. The molecule has 0 aliphatic rings. The Bertz CT molecular complexity index is 1350. The molecular formula is C27H24N4O4. The van der Waals surface area contributed by atoms with Crippen LogP contribution in [0.3, 0.4) is 0 Å². The van der Waals surface area contributed by atoms with E-state index in [0.717, 1.165) is 11.4 Å². The lowest BCUT2D eigenvalue weighted by molar-refractivity contribution is -0.119. The minimum Gasteiger partial charge on any atom is -0.452 e. The molecule has 0 saturated carbocycles. The third-order valence-electron chi connectivity index (χ3n) is 5.26. The van der Waals surface area contributed by atoms with Crippen LogP contribution in [0.15, 0.2) is 91.0 Å². The van der Waals surface area contributed by atoms with Crippen LogP contribution in [0.2, 0.25) is 0 Å². The van der Waals surface area contributed by atoms with Crippen LogP contribution in [-0.4, -0.2) is 41.2 Å². The van der Waals surface area contributed by atoms with Crippen LogP contribution in [0.5, 0.6) is 0 Å². The summed E-state index contributed by atoms with van der Waals surface area (Å²) in [6.45, 7) is 1.30. The van der Waals surface area contributed by atoms with Crippen molar-refractivity contribution in [2.45, 2.75) is 6.92 Å². The van der Waals surface area contributed by atoms with Gasteiger partial charge in [-0.15, -0.1) is 0 Å². The molecular weight excluding hydrogens is 444 g/mol. The van der Waals surface area contributed by atoms with E-state index in [4.69, 9.17) is 4.74 Å². The summed E-state index contributed by atoms with van der Waals surface area (Å²) in [6.07, 6.45) is 0. The normalized spacial score (nSPS) is 10.5. The largest absolute Gasteiger partial charge is 0.452 e. The highest BCUT2D eigenvalue weighted by Gasteiger charge is 2.22. The molecule has 0 atom stereocenters. The van der Waals surface area contributed by atoms with Crippen LogP contribution >= 0.6 is 0 Å². The van der Waals surface area contributed by atoms with Crippen molar-refractivity contribution in [2.75, 3.05) is 23.9 Å². The topological polar surface area (TPSA) is 93.5 Å². The van der Waals surface area contributed by atoms with E-state index in [1.165, 1.54) is 11.0 Å². The summed E-state index contributed by atoms with van der Waals surface area (Å²) in [5.41, 5.74) is 2.45. The molecule has 4 rings (SSSR count). The van der Waals surface area contributed by atoms with E-state index >= 15 is 0 Å². The number of hydrogen-bond donors (Lipinski definition) is 1.